The van der Waals surface area contributed by atoms with E-state index >= 15 is 0 Å². The van der Waals surface area contributed by atoms with Crippen LogP contribution in [0.3, 0.4) is 0 Å². The quantitative estimate of drug-likeness (QED) is 0.836. The van der Waals surface area contributed by atoms with Crippen LogP contribution in [0.1, 0.15) is 38.5 Å². The van der Waals surface area contributed by atoms with Gasteiger partial charge in [-0.2, -0.15) is 0 Å². The summed E-state index contributed by atoms with van der Waals surface area (Å²) < 4.78 is 5.70. The van der Waals surface area contributed by atoms with E-state index in [0.717, 1.165) is 37.1 Å². The number of carbonyl (C=O) groups is 1. The number of amides is 1. The van der Waals surface area contributed by atoms with E-state index in [-0.39, 0.29) is 18.1 Å². The second kappa shape index (κ2) is 5.41. The highest BCUT2D eigenvalue weighted by molar-refractivity contribution is 5.81. The Morgan fingerprint density at radius 1 is 1.26 bits per heavy atom. The van der Waals surface area contributed by atoms with Gasteiger partial charge in [-0.1, -0.05) is 6.42 Å². The van der Waals surface area contributed by atoms with Gasteiger partial charge in [0.05, 0.1) is 6.10 Å². The van der Waals surface area contributed by atoms with Crippen molar-refractivity contribution in [2.45, 2.75) is 50.7 Å². The van der Waals surface area contributed by atoms with Gasteiger partial charge in [0.15, 0.2) is 0 Å². The number of carbonyl (C=O) groups excluding carboxylic acids is 1. The van der Waals surface area contributed by atoms with Crippen LogP contribution in [0.4, 0.5) is 0 Å². The molecule has 0 aromatic heterocycles. The Morgan fingerprint density at radius 2 is 2.11 bits per heavy atom. The highest BCUT2D eigenvalue weighted by Crippen LogP contribution is 2.48. The first-order valence-electron chi connectivity index (χ1n) is 7.78. The van der Waals surface area contributed by atoms with Gasteiger partial charge in [0.2, 0.25) is 0 Å². The number of rotatable bonds is 4. The second-order valence-electron chi connectivity index (χ2n) is 6.71. The zero-order chi connectivity index (χ0) is 13.4. The number of likely N-dealkylation sites (N-methyl/N-ethyl adjacent to an activating group) is 1. The molecule has 0 aromatic carbocycles. The molecule has 2 N–H and O–H groups in total. The number of ether oxygens (including phenoxy) is 1. The standard InChI is InChI=1S/C15H26N2O2/c1-17(9-12-7-10-2-3-11(12)6-10)15(18)14-5-4-13(8-16)19-14/h10-14H,2-9,16H2,1H3. The van der Waals surface area contributed by atoms with Crippen molar-refractivity contribution in [3.05, 3.63) is 0 Å². The average Bonchev–Trinajstić information content (AvgIpc) is 3.13. The second-order valence-corrected chi connectivity index (χ2v) is 6.71. The fraction of sp³-hybridized carbons (Fsp3) is 0.933. The molecule has 5 unspecified atom stereocenters. The summed E-state index contributed by atoms with van der Waals surface area (Å²) >= 11 is 0. The van der Waals surface area contributed by atoms with E-state index in [1.54, 1.807) is 0 Å². The van der Waals surface area contributed by atoms with E-state index < -0.39 is 0 Å². The fourth-order valence-corrected chi connectivity index (χ4v) is 4.35. The molecular formula is C15H26N2O2. The van der Waals surface area contributed by atoms with Crippen molar-refractivity contribution < 1.29 is 9.53 Å². The largest absolute Gasteiger partial charge is 0.364 e. The number of fused-ring (bicyclic) bond motifs is 2. The Bertz CT molecular complexity index is 347. The summed E-state index contributed by atoms with van der Waals surface area (Å²) in [7, 11) is 1.94. The molecule has 0 spiro atoms. The van der Waals surface area contributed by atoms with Crippen molar-refractivity contribution in [2.24, 2.45) is 23.5 Å². The van der Waals surface area contributed by atoms with Gasteiger partial charge in [0, 0.05) is 20.1 Å². The van der Waals surface area contributed by atoms with Gasteiger partial charge >= 0.3 is 0 Å². The topological polar surface area (TPSA) is 55.6 Å². The Labute approximate surface area is 115 Å². The van der Waals surface area contributed by atoms with Gasteiger partial charge in [-0.25, -0.2) is 0 Å². The van der Waals surface area contributed by atoms with Crippen LogP contribution in [0.15, 0.2) is 0 Å². The number of nitrogens with two attached hydrogens (primary N) is 1. The maximum atomic E-state index is 12.4. The minimum absolute atomic E-state index is 0.0878. The molecule has 1 saturated heterocycles. The maximum absolute atomic E-state index is 12.4. The van der Waals surface area contributed by atoms with E-state index in [1.165, 1.54) is 25.7 Å². The van der Waals surface area contributed by atoms with Gasteiger partial charge in [0.25, 0.3) is 5.91 Å². The van der Waals surface area contributed by atoms with Crippen LogP contribution >= 0.6 is 0 Å². The van der Waals surface area contributed by atoms with Gasteiger partial charge in [0.1, 0.15) is 6.10 Å². The van der Waals surface area contributed by atoms with E-state index in [1.807, 2.05) is 11.9 Å². The van der Waals surface area contributed by atoms with E-state index in [0.29, 0.717) is 6.54 Å². The monoisotopic (exact) mass is 266 g/mol. The van der Waals surface area contributed by atoms with E-state index in [4.69, 9.17) is 10.5 Å². The lowest BCUT2D eigenvalue weighted by molar-refractivity contribution is -0.142. The van der Waals surface area contributed by atoms with Crippen LogP contribution in [0.2, 0.25) is 0 Å². The third-order valence-corrected chi connectivity index (χ3v) is 5.42. The predicted molar refractivity (Wildman–Crippen MR) is 73.5 cm³/mol. The SMILES string of the molecule is CN(CC1CC2CCC1C2)C(=O)C1CCC(CN)O1. The summed E-state index contributed by atoms with van der Waals surface area (Å²) in [5.74, 6) is 2.72. The molecule has 2 aliphatic carbocycles. The molecule has 1 amide bonds. The molecule has 1 heterocycles. The predicted octanol–water partition coefficient (Wildman–Crippen LogP) is 1.39. The zero-order valence-corrected chi connectivity index (χ0v) is 11.9. The van der Waals surface area contributed by atoms with Crippen molar-refractivity contribution in [1.29, 1.82) is 0 Å². The van der Waals surface area contributed by atoms with E-state index in [2.05, 4.69) is 0 Å². The normalized spacial score (nSPS) is 40.8. The summed E-state index contributed by atoms with van der Waals surface area (Å²) in [6, 6.07) is 0. The lowest BCUT2D eigenvalue weighted by atomic mass is 9.88. The third-order valence-electron chi connectivity index (χ3n) is 5.42. The van der Waals surface area contributed by atoms with Gasteiger partial charge in [-0.3, -0.25) is 4.79 Å². The lowest BCUT2D eigenvalue weighted by Crippen LogP contribution is -2.40. The Kier molecular flexibility index (Phi) is 3.81. The summed E-state index contributed by atoms with van der Waals surface area (Å²) in [5.41, 5.74) is 5.60. The molecule has 1 aliphatic heterocycles. The molecule has 0 aromatic rings. The smallest absolute Gasteiger partial charge is 0.251 e. The van der Waals surface area contributed by atoms with Crippen LogP contribution in [0.5, 0.6) is 0 Å². The molecule has 3 rings (SSSR count). The highest BCUT2D eigenvalue weighted by Gasteiger charge is 2.41. The maximum Gasteiger partial charge on any atom is 0.251 e. The molecule has 0 radical (unpaired) electrons. The first-order chi connectivity index (χ1) is 9.17. The molecule has 3 fully saturated rings. The molecule has 4 nitrogen and oxygen atoms in total. The van der Waals surface area contributed by atoms with E-state index in [9.17, 15) is 4.79 Å². The summed E-state index contributed by atoms with van der Waals surface area (Å²) in [6.45, 7) is 1.45. The van der Waals surface area contributed by atoms with Crippen molar-refractivity contribution in [3.63, 3.8) is 0 Å². The summed E-state index contributed by atoms with van der Waals surface area (Å²) in [5, 5.41) is 0. The minimum Gasteiger partial charge on any atom is -0.364 e. The molecule has 2 saturated carbocycles. The zero-order valence-electron chi connectivity index (χ0n) is 11.9. The highest BCUT2D eigenvalue weighted by atomic mass is 16.5. The summed E-state index contributed by atoms with van der Waals surface area (Å²) in [6.07, 6.45) is 7.15. The lowest BCUT2D eigenvalue weighted by Gasteiger charge is -2.28. The molecule has 5 atom stereocenters. The molecule has 4 heteroatoms. The van der Waals surface area contributed by atoms with Crippen LogP contribution < -0.4 is 5.73 Å². The molecule has 19 heavy (non-hydrogen) atoms. The van der Waals surface area contributed by atoms with Gasteiger partial charge in [-0.05, 0) is 49.9 Å². The van der Waals surface area contributed by atoms with Gasteiger partial charge < -0.3 is 15.4 Å². The number of nitrogens with zero attached hydrogens (tertiary/aromatic N) is 1. The molecule has 108 valence electrons. The minimum atomic E-state index is -0.239. The van der Waals surface area contributed by atoms with Gasteiger partial charge in [-0.15, -0.1) is 0 Å². The molecule has 3 aliphatic rings. The van der Waals surface area contributed by atoms with Crippen LogP contribution in [-0.4, -0.2) is 43.2 Å². The third kappa shape index (κ3) is 2.65. The first-order valence-corrected chi connectivity index (χ1v) is 7.78. The summed E-state index contributed by atoms with van der Waals surface area (Å²) in [4.78, 5) is 14.3. The van der Waals surface area contributed by atoms with Crippen LogP contribution in [0, 0.1) is 17.8 Å². The average molecular weight is 266 g/mol. The molecular weight excluding hydrogens is 240 g/mol. The number of hydrogen-bond acceptors (Lipinski definition) is 3. The Balaban J connectivity index is 1.50. The first kappa shape index (κ1) is 13.4. The Morgan fingerprint density at radius 3 is 2.68 bits per heavy atom. The van der Waals surface area contributed by atoms with Crippen molar-refractivity contribution >= 4 is 5.91 Å². The van der Waals surface area contributed by atoms with Crippen molar-refractivity contribution in [3.8, 4) is 0 Å². The van der Waals surface area contributed by atoms with Crippen molar-refractivity contribution in [1.82, 2.24) is 4.90 Å². The van der Waals surface area contributed by atoms with Crippen LogP contribution in [0.25, 0.3) is 0 Å². The fourth-order valence-electron chi connectivity index (χ4n) is 4.35. The Hall–Kier alpha value is -0.610. The molecule has 2 bridgehead atoms. The van der Waals surface area contributed by atoms with Crippen LogP contribution in [-0.2, 0) is 9.53 Å². The number of hydrogen-bond donors (Lipinski definition) is 1. The van der Waals surface area contributed by atoms with Crippen molar-refractivity contribution in [2.75, 3.05) is 20.1 Å².